The Morgan fingerprint density at radius 3 is 2.93 bits per heavy atom. The standard InChI is InChI=1S/C21H26N4O2S/c1-13-7-10-28-18(13)12-24-9-6-16-15(11-24)20(26)23-19(22-16)17-3-2-8-25(17)21(27)14-4-5-14/h7,10,14,17H,2-6,8-9,11-12H2,1H3,(H,22,23,26)/t17-/m0/s1. The van der Waals surface area contributed by atoms with Crippen molar-refractivity contribution in [3.63, 3.8) is 0 Å². The van der Waals surface area contributed by atoms with Crippen molar-refractivity contribution in [1.82, 2.24) is 19.8 Å². The topological polar surface area (TPSA) is 69.3 Å². The number of carbonyl (C=O) groups excluding carboxylic acids is 1. The fourth-order valence-electron chi connectivity index (χ4n) is 4.44. The molecule has 7 heteroatoms. The number of aryl methyl sites for hydroxylation is 1. The summed E-state index contributed by atoms with van der Waals surface area (Å²) < 4.78 is 0. The molecule has 28 heavy (non-hydrogen) atoms. The minimum atomic E-state index is -0.0575. The lowest BCUT2D eigenvalue weighted by Crippen LogP contribution is -2.38. The van der Waals surface area contributed by atoms with Gasteiger partial charge in [-0.05, 0) is 49.6 Å². The highest BCUT2D eigenvalue weighted by atomic mass is 32.1. The highest BCUT2D eigenvalue weighted by molar-refractivity contribution is 7.10. The Morgan fingerprint density at radius 1 is 1.32 bits per heavy atom. The van der Waals surface area contributed by atoms with Gasteiger partial charge in [0.25, 0.3) is 5.56 Å². The van der Waals surface area contributed by atoms with E-state index in [1.165, 1.54) is 10.4 Å². The molecule has 2 aromatic rings. The van der Waals surface area contributed by atoms with Gasteiger partial charge in [-0.2, -0.15) is 0 Å². The van der Waals surface area contributed by atoms with E-state index in [4.69, 9.17) is 4.98 Å². The molecule has 3 aliphatic rings. The number of hydrogen-bond acceptors (Lipinski definition) is 5. The molecule has 1 saturated carbocycles. The molecule has 2 aliphatic heterocycles. The summed E-state index contributed by atoms with van der Waals surface area (Å²) >= 11 is 1.78. The molecule has 5 rings (SSSR count). The van der Waals surface area contributed by atoms with Gasteiger partial charge < -0.3 is 9.88 Å². The van der Waals surface area contributed by atoms with Gasteiger partial charge in [0.05, 0.1) is 17.3 Å². The Hall–Kier alpha value is -1.99. The average Bonchev–Trinajstić information content (AvgIpc) is 3.29. The van der Waals surface area contributed by atoms with E-state index in [2.05, 4.69) is 28.3 Å². The molecule has 6 nitrogen and oxygen atoms in total. The highest BCUT2D eigenvalue weighted by Crippen LogP contribution is 2.37. The van der Waals surface area contributed by atoms with Crippen molar-refractivity contribution in [3.8, 4) is 0 Å². The van der Waals surface area contributed by atoms with E-state index in [1.807, 2.05) is 4.90 Å². The number of thiophene rings is 1. The molecule has 0 bridgehead atoms. The van der Waals surface area contributed by atoms with Crippen LogP contribution in [0.25, 0.3) is 0 Å². The van der Waals surface area contributed by atoms with Crippen LogP contribution in [0.4, 0.5) is 0 Å². The number of amides is 1. The second kappa shape index (κ2) is 7.12. The molecule has 2 fully saturated rings. The molecular weight excluding hydrogens is 372 g/mol. The molecule has 1 aliphatic carbocycles. The molecule has 0 unspecified atom stereocenters. The van der Waals surface area contributed by atoms with Crippen LogP contribution in [-0.2, 0) is 24.3 Å². The molecular formula is C21H26N4O2S. The van der Waals surface area contributed by atoms with E-state index in [0.29, 0.717) is 12.4 Å². The number of aromatic amines is 1. The number of likely N-dealkylation sites (tertiary alicyclic amines) is 1. The van der Waals surface area contributed by atoms with Crippen molar-refractivity contribution in [1.29, 1.82) is 0 Å². The zero-order valence-corrected chi connectivity index (χ0v) is 17.1. The van der Waals surface area contributed by atoms with Crippen LogP contribution in [0.1, 0.15) is 59.2 Å². The van der Waals surface area contributed by atoms with E-state index in [0.717, 1.165) is 63.0 Å². The number of fused-ring (bicyclic) bond motifs is 1. The summed E-state index contributed by atoms with van der Waals surface area (Å²) in [6.07, 6.45) is 4.69. The Bertz CT molecular complexity index is 962. The third-order valence-electron chi connectivity index (χ3n) is 6.28. The van der Waals surface area contributed by atoms with Crippen LogP contribution >= 0.6 is 11.3 Å². The first kappa shape index (κ1) is 18.1. The number of hydrogen-bond donors (Lipinski definition) is 1. The third-order valence-corrected chi connectivity index (χ3v) is 7.29. The Morgan fingerprint density at radius 2 is 2.18 bits per heavy atom. The second-order valence-corrected chi connectivity index (χ2v) is 9.33. The Kier molecular flexibility index (Phi) is 4.59. The summed E-state index contributed by atoms with van der Waals surface area (Å²) in [4.78, 5) is 39.0. The maximum absolute atomic E-state index is 12.9. The van der Waals surface area contributed by atoms with Gasteiger partial charge in [0.1, 0.15) is 5.82 Å². The van der Waals surface area contributed by atoms with E-state index < -0.39 is 0 Å². The van der Waals surface area contributed by atoms with Gasteiger partial charge in [0.2, 0.25) is 5.91 Å². The quantitative estimate of drug-likeness (QED) is 0.860. The monoisotopic (exact) mass is 398 g/mol. The summed E-state index contributed by atoms with van der Waals surface area (Å²) in [6.45, 7) is 5.37. The number of nitrogens with zero attached hydrogens (tertiary/aromatic N) is 3. The molecule has 148 valence electrons. The molecule has 0 aromatic carbocycles. The van der Waals surface area contributed by atoms with E-state index in [-0.39, 0.29) is 23.4 Å². The summed E-state index contributed by atoms with van der Waals surface area (Å²) in [7, 11) is 0. The first-order chi connectivity index (χ1) is 13.6. The summed E-state index contributed by atoms with van der Waals surface area (Å²) in [6, 6.07) is 2.09. The minimum Gasteiger partial charge on any atom is -0.332 e. The zero-order chi connectivity index (χ0) is 19.3. The number of carbonyl (C=O) groups is 1. The summed E-state index contributed by atoms with van der Waals surface area (Å²) in [5.41, 5.74) is 3.00. The smallest absolute Gasteiger partial charge is 0.255 e. The molecule has 0 radical (unpaired) electrons. The van der Waals surface area contributed by atoms with Gasteiger partial charge in [-0.15, -0.1) is 11.3 Å². The number of aromatic nitrogens is 2. The van der Waals surface area contributed by atoms with Crippen LogP contribution in [0.2, 0.25) is 0 Å². The van der Waals surface area contributed by atoms with Crippen LogP contribution in [0.5, 0.6) is 0 Å². The van der Waals surface area contributed by atoms with Gasteiger partial charge in [-0.1, -0.05) is 0 Å². The van der Waals surface area contributed by atoms with Gasteiger partial charge in [0.15, 0.2) is 0 Å². The molecule has 1 amide bonds. The van der Waals surface area contributed by atoms with E-state index in [9.17, 15) is 9.59 Å². The van der Waals surface area contributed by atoms with Crippen molar-refractivity contribution >= 4 is 17.2 Å². The predicted molar refractivity (Wildman–Crippen MR) is 108 cm³/mol. The molecule has 2 aromatic heterocycles. The number of nitrogens with one attached hydrogen (secondary N) is 1. The fraction of sp³-hybridized carbons (Fsp3) is 0.571. The molecule has 1 N–H and O–H groups in total. The van der Waals surface area contributed by atoms with Gasteiger partial charge in [-0.25, -0.2) is 4.98 Å². The first-order valence-electron chi connectivity index (χ1n) is 10.3. The summed E-state index contributed by atoms with van der Waals surface area (Å²) in [5.74, 6) is 1.15. The van der Waals surface area contributed by atoms with E-state index >= 15 is 0 Å². The number of H-pyrrole nitrogens is 1. The van der Waals surface area contributed by atoms with Gasteiger partial charge in [0, 0.05) is 43.4 Å². The number of rotatable bonds is 4. The Labute approximate surface area is 168 Å². The molecule has 1 saturated heterocycles. The van der Waals surface area contributed by atoms with Gasteiger partial charge in [-0.3, -0.25) is 14.5 Å². The lowest BCUT2D eigenvalue weighted by Gasteiger charge is -2.29. The zero-order valence-electron chi connectivity index (χ0n) is 16.2. The van der Waals surface area contributed by atoms with Crippen molar-refractivity contribution < 1.29 is 4.79 Å². The third kappa shape index (κ3) is 3.31. The maximum Gasteiger partial charge on any atom is 0.255 e. The largest absolute Gasteiger partial charge is 0.332 e. The maximum atomic E-state index is 12.9. The van der Waals surface area contributed by atoms with Crippen molar-refractivity contribution in [2.45, 2.75) is 58.2 Å². The first-order valence-corrected chi connectivity index (χ1v) is 11.2. The van der Waals surface area contributed by atoms with Crippen LogP contribution in [0.3, 0.4) is 0 Å². The fourth-order valence-corrected chi connectivity index (χ4v) is 5.39. The Balaban J connectivity index is 1.36. The predicted octanol–water partition coefficient (Wildman–Crippen LogP) is 2.77. The molecule has 1 atom stereocenters. The van der Waals surface area contributed by atoms with Crippen molar-refractivity contribution in [2.75, 3.05) is 13.1 Å². The van der Waals surface area contributed by atoms with Gasteiger partial charge >= 0.3 is 0 Å². The molecule has 0 spiro atoms. The highest BCUT2D eigenvalue weighted by Gasteiger charge is 2.40. The van der Waals surface area contributed by atoms with Crippen LogP contribution < -0.4 is 5.56 Å². The SMILES string of the molecule is Cc1ccsc1CN1CCc2nc([C@@H]3CCCN3C(=O)C3CC3)[nH]c(=O)c2C1. The van der Waals surface area contributed by atoms with Crippen molar-refractivity contribution in [2.24, 2.45) is 5.92 Å². The van der Waals surface area contributed by atoms with Crippen molar-refractivity contribution in [3.05, 3.63) is 49.3 Å². The second-order valence-electron chi connectivity index (χ2n) is 8.33. The lowest BCUT2D eigenvalue weighted by molar-refractivity contribution is -0.133. The normalized spacial score (nSPS) is 22.5. The average molecular weight is 399 g/mol. The summed E-state index contributed by atoms with van der Waals surface area (Å²) in [5, 5.41) is 2.12. The van der Waals surface area contributed by atoms with Crippen LogP contribution in [-0.4, -0.2) is 38.8 Å². The minimum absolute atomic E-state index is 0.0293. The van der Waals surface area contributed by atoms with Crippen LogP contribution in [0.15, 0.2) is 16.2 Å². The lowest BCUT2D eigenvalue weighted by atomic mass is 10.1. The molecule has 4 heterocycles. The van der Waals surface area contributed by atoms with Crippen LogP contribution in [0, 0.1) is 12.8 Å². The van der Waals surface area contributed by atoms with E-state index in [1.54, 1.807) is 11.3 Å².